The van der Waals surface area contributed by atoms with Crippen molar-refractivity contribution >= 4 is 69.2 Å². The summed E-state index contributed by atoms with van der Waals surface area (Å²) in [5.41, 5.74) is -1.55. The third-order valence-corrected chi connectivity index (χ3v) is 4.71. The molecule has 11 heteroatoms. The first-order valence-electron chi connectivity index (χ1n) is 4.90. The van der Waals surface area contributed by atoms with E-state index in [9.17, 15) is 13.2 Å². The zero-order valence-electron chi connectivity index (χ0n) is 9.38. The van der Waals surface area contributed by atoms with Gasteiger partial charge in [0.2, 0.25) is 0 Å². The van der Waals surface area contributed by atoms with Crippen molar-refractivity contribution in [2.24, 2.45) is 0 Å². The van der Waals surface area contributed by atoms with Crippen LogP contribution in [-0.4, -0.2) is 77.1 Å². The van der Waals surface area contributed by atoms with Crippen LogP contribution in [0.2, 0.25) is 0 Å². The Hall–Kier alpha value is 0.720. The number of alkyl halides is 2. The largest absolute Gasteiger partial charge is 0.423 e. The molecule has 1 radical (unpaired) electrons. The summed E-state index contributed by atoms with van der Waals surface area (Å²) in [6.45, 7) is 0.296. The summed E-state index contributed by atoms with van der Waals surface area (Å²) < 4.78 is 32.5. The molecule has 3 aliphatic rings. The number of halogens is 2. The van der Waals surface area contributed by atoms with Crippen LogP contribution in [0.4, 0.5) is 4.79 Å². The smallest absolute Gasteiger partial charge is 0.288 e. The van der Waals surface area contributed by atoms with E-state index in [0.29, 0.717) is 13.0 Å². The van der Waals surface area contributed by atoms with E-state index in [1.807, 2.05) is 0 Å². The van der Waals surface area contributed by atoms with Crippen LogP contribution in [0.3, 0.4) is 0 Å². The molecule has 0 N–H and O–H groups in total. The van der Waals surface area contributed by atoms with E-state index in [1.54, 1.807) is 0 Å². The predicted molar refractivity (Wildman–Crippen MR) is 62.0 cm³/mol. The molecule has 3 aliphatic heterocycles. The van der Waals surface area contributed by atoms with E-state index in [2.05, 4.69) is 4.28 Å². The predicted octanol–water partition coefficient (Wildman–Crippen LogP) is 0.212. The molecule has 3 rings (SSSR count). The summed E-state index contributed by atoms with van der Waals surface area (Å²) in [4.78, 5) is 12.0. The molecule has 2 amide bonds. The molecule has 0 aromatic heterocycles. The number of fused-ring (bicyclic) bond motifs is 3. The molecule has 3 heterocycles. The Labute approximate surface area is 136 Å². The number of piperidine rings is 1. The molecule has 3 fully saturated rings. The second kappa shape index (κ2) is 4.63. The van der Waals surface area contributed by atoms with Crippen LogP contribution in [-0.2, 0) is 18.9 Å². The maximum absolute atomic E-state index is 11.9. The Morgan fingerprint density at radius 3 is 2.72 bits per heavy atom. The molecule has 0 aromatic carbocycles. The first-order chi connectivity index (χ1) is 7.86. The molecular formula is C7H8Cl2N2NaO5S. The normalized spacial score (nSPS) is 36.8. The van der Waals surface area contributed by atoms with Gasteiger partial charge < -0.3 is 0 Å². The number of amides is 2. The van der Waals surface area contributed by atoms with Crippen LogP contribution >= 0.6 is 23.2 Å². The van der Waals surface area contributed by atoms with Crippen molar-refractivity contribution < 1.29 is 21.7 Å². The summed E-state index contributed by atoms with van der Waals surface area (Å²) in [7, 11) is -4.32. The molecule has 2 atom stereocenters. The van der Waals surface area contributed by atoms with Gasteiger partial charge >= 0.3 is 16.4 Å². The molecule has 3 saturated heterocycles. The van der Waals surface area contributed by atoms with Crippen LogP contribution < -0.4 is 0 Å². The summed E-state index contributed by atoms with van der Waals surface area (Å²) >= 11 is 11.6. The molecule has 18 heavy (non-hydrogen) atoms. The summed E-state index contributed by atoms with van der Waals surface area (Å²) in [6, 6.07) is -0.888. The number of hydroxylamine groups is 2. The van der Waals surface area contributed by atoms with Crippen molar-refractivity contribution in [1.82, 2.24) is 9.96 Å². The topological polar surface area (TPSA) is 76.1 Å². The fourth-order valence-electron chi connectivity index (χ4n) is 2.40. The quantitative estimate of drug-likeness (QED) is 0.509. The van der Waals surface area contributed by atoms with E-state index in [0.717, 1.165) is 5.06 Å². The van der Waals surface area contributed by atoms with Crippen molar-refractivity contribution in [3.8, 4) is 0 Å². The number of carbonyl (C=O) groups excluding carboxylic acids is 1. The van der Waals surface area contributed by atoms with Gasteiger partial charge in [-0.3, -0.25) is 4.90 Å². The Bertz CT molecular complexity index is 488. The van der Waals surface area contributed by atoms with Gasteiger partial charge in [-0.1, -0.05) is 23.2 Å². The van der Waals surface area contributed by atoms with Crippen LogP contribution in [0.25, 0.3) is 0 Å². The maximum atomic E-state index is 11.9. The fraction of sp³-hybridized carbons (Fsp3) is 0.857. The first-order valence-corrected chi connectivity index (χ1v) is 7.10. The summed E-state index contributed by atoms with van der Waals surface area (Å²) in [6.07, 6.45) is 0.772. The van der Waals surface area contributed by atoms with Gasteiger partial charge in [0.25, 0.3) is 0 Å². The second-order valence-corrected chi connectivity index (χ2v) is 6.35. The molecular weight excluding hydrogens is 318 g/mol. The van der Waals surface area contributed by atoms with Crippen molar-refractivity contribution in [3.05, 3.63) is 0 Å². The molecule has 0 unspecified atom stereocenters. The number of nitrogens with zero attached hydrogens (tertiary/aromatic N) is 2. The van der Waals surface area contributed by atoms with Crippen molar-refractivity contribution in [3.63, 3.8) is 0 Å². The Morgan fingerprint density at radius 1 is 1.44 bits per heavy atom. The third kappa shape index (κ3) is 1.98. The average Bonchev–Trinajstić information content (AvgIpc) is 2.40. The van der Waals surface area contributed by atoms with Gasteiger partial charge in [-0.05, 0) is 6.42 Å². The van der Waals surface area contributed by atoms with Gasteiger partial charge in [0.05, 0.1) is 6.04 Å². The number of hydrogen-bond donors (Lipinski definition) is 0. The Balaban J connectivity index is 0.00000120. The fourth-order valence-corrected chi connectivity index (χ4v) is 4.09. The van der Waals surface area contributed by atoms with Crippen LogP contribution in [0, 0.1) is 0 Å². The molecule has 0 spiro atoms. The number of urea groups is 1. The van der Waals surface area contributed by atoms with Gasteiger partial charge in [-0.15, -0.1) is 4.28 Å². The number of hydrogen-bond acceptors (Lipinski definition) is 5. The van der Waals surface area contributed by atoms with Gasteiger partial charge in [0, 0.05) is 42.5 Å². The van der Waals surface area contributed by atoms with Crippen LogP contribution in [0.1, 0.15) is 12.8 Å². The summed E-state index contributed by atoms with van der Waals surface area (Å²) in [5, 5.41) is 0.820. The molecule has 7 nitrogen and oxygen atoms in total. The van der Waals surface area contributed by atoms with E-state index in [1.165, 1.54) is 4.90 Å². The Morgan fingerprint density at radius 2 is 2.11 bits per heavy atom. The standard InChI is InChI=1S/C7H8Cl2N2O5S.Na/c8-5(9)7-2-1-4-3-10(7)6(12)11(4)16-17(13,14)15-7;/h4-5H,1-3H2;/t4-,7+;/m1./s1. The van der Waals surface area contributed by atoms with Crippen LogP contribution in [0.5, 0.6) is 0 Å². The molecule has 97 valence electrons. The molecule has 0 aliphatic carbocycles. The Kier molecular flexibility index (Phi) is 3.89. The maximum Gasteiger partial charge on any atom is 0.423 e. The van der Waals surface area contributed by atoms with E-state index in [4.69, 9.17) is 27.4 Å². The zero-order valence-corrected chi connectivity index (χ0v) is 13.7. The van der Waals surface area contributed by atoms with E-state index >= 15 is 0 Å². The van der Waals surface area contributed by atoms with Gasteiger partial charge in [0.15, 0.2) is 10.6 Å². The monoisotopic (exact) mass is 325 g/mol. The van der Waals surface area contributed by atoms with Crippen molar-refractivity contribution in [1.29, 1.82) is 0 Å². The van der Waals surface area contributed by atoms with Crippen LogP contribution in [0.15, 0.2) is 0 Å². The van der Waals surface area contributed by atoms with Crippen molar-refractivity contribution in [2.45, 2.75) is 29.4 Å². The van der Waals surface area contributed by atoms with E-state index < -0.39 is 27.0 Å². The first kappa shape index (κ1) is 15.1. The van der Waals surface area contributed by atoms with Crippen molar-refractivity contribution in [2.75, 3.05) is 6.54 Å². The van der Waals surface area contributed by atoms with Gasteiger partial charge in [0.1, 0.15) is 0 Å². The molecule has 0 aromatic rings. The zero-order chi connectivity index (χ0) is 12.4. The SMILES string of the molecule is O=C1N2OS(=O)(=O)O[C@]3(C(Cl)Cl)CC[C@@H]2CN13.[Na]. The number of carbonyl (C=O) groups is 1. The average molecular weight is 326 g/mol. The van der Waals surface area contributed by atoms with E-state index in [-0.39, 0.29) is 42.0 Å². The molecule has 0 saturated carbocycles. The van der Waals surface area contributed by atoms with Gasteiger partial charge in [-0.25, -0.2) is 8.98 Å². The minimum atomic E-state index is -4.32. The third-order valence-electron chi connectivity index (χ3n) is 3.20. The number of rotatable bonds is 1. The minimum absolute atomic E-state index is 0. The second-order valence-electron chi connectivity index (χ2n) is 4.12. The van der Waals surface area contributed by atoms with Gasteiger partial charge in [-0.2, -0.15) is 13.5 Å². The molecule has 3 bridgehead atoms. The minimum Gasteiger partial charge on any atom is -0.288 e. The summed E-state index contributed by atoms with van der Waals surface area (Å²) in [5.74, 6) is 0.